The highest BCUT2D eigenvalue weighted by atomic mass is 35.5. The summed E-state index contributed by atoms with van der Waals surface area (Å²) in [5.74, 6) is 0.0481. The summed E-state index contributed by atoms with van der Waals surface area (Å²) >= 11 is 12.2. The molecule has 1 amide bonds. The van der Waals surface area contributed by atoms with Gasteiger partial charge in [0.05, 0.1) is 5.69 Å². The molecule has 0 radical (unpaired) electrons. The first-order chi connectivity index (χ1) is 13.5. The van der Waals surface area contributed by atoms with E-state index in [1.54, 1.807) is 30.3 Å². The number of carbonyl (C=O) groups is 1. The molecule has 0 bridgehead atoms. The van der Waals surface area contributed by atoms with E-state index in [9.17, 15) is 4.79 Å². The van der Waals surface area contributed by atoms with Gasteiger partial charge in [-0.05, 0) is 35.9 Å². The topological polar surface area (TPSA) is 67.5 Å². The Labute approximate surface area is 173 Å². The van der Waals surface area contributed by atoms with E-state index in [2.05, 4.69) is 10.3 Å². The van der Waals surface area contributed by atoms with E-state index in [1.807, 2.05) is 48.5 Å². The van der Waals surface area contributed by atoms with Gasteiger partial charge in [0.2, 0.25) is 5.91 Å². The predicted octanol–water partition coefficient (Wildman–Crippen LogP) is 5.68. The molecule has 140 valence electrons. The molecule has 0 aliphatic rings. The number of aliphatic imine (C=N–C) groups is 1. The van der Waals surface area contributed by atoms with Gasteiger partial charge in [0.15, 0.2) is 0 Å². The van der Waals surface area contributed by atoms with Crippen molar-refractivity contribution in [3.05, 3.63) is 100 Å². The number of anilines is 1. The van der Waals surface area contributed by atoms with Crippen LogP contribution < -0.4 is 11.1 Å². The van der Waals surface area contributed by atoms with Gasteiger partial charge in [0.1, 0.15) is 5.84 Å². The molecule has 3 aromatic carbocycles. The van der Waals surface area contributed by atoms with Crippen molar-refractivity contribution in [2.45, 2.75) is 0 Å². The van der Waals surface area contributed by atoms with Crippen LogP contribution in [0.4, 0.5) is 11.4 Å². The second-order valence-electron chi connectivity index (χ2n) is 5.91. The Hall–Kier alpha value is -3.08. The first kappa shape index (κ1) is 19.7. The number of nitrogens with two attached hydrogens (primary N) is 1. The third-order valence-corrected chi connectivity index (χ3v) is 4.35. The minimum atomic E-state index is -0.312. The third-order valence-electron chi connectivity index (χ3n) is 3.79. The molecule has 28 heavy (non-hydrogen) atoms. The zero-order valence-electron chi connectivity index (χ0n) is 14.8. The van der Waals surface area contributed by atoms with Crippen molar-refractivity contribution in [1.29, 1.82) is 0 Å². The van der Waals surface area contributed by atoms with Gasteiger partial charge in [-0.1, -0.05) is 71.7 Å². The van der Waals surface area contributed by atoms with E-state index >= 15 is 0 Å². The molecule has 0 heterocycles. The number of carbonyl (C=O) groups excluding carboxylic acids is 1. The van der Waals surface area contributed by atoms with E-state index in [0.29, 0.717) is 27.3 Å². The fourth-order valence-electron chi connectivity index (χ4n) is 2.48. The zero-order valence-corrected chi connectivity index (χ0v) is 16.3. The summed E-state index contributed by atoms with van der Waals surface area (Å²) in [7, 11) is 0. The summed E-state index contributed by atoms with van der Waals surface area (Å²) in [4.78, 5) is 16.6. The lowest BCUT2D eigenvalue weighted by Gasteiger charge is -2.06. The fraction of sp³-hybridized carbons (Fsp3) is 0. The maximum absolute atomic E-state index is 12.2. The van der Waals surface area contributed by atoms with Crippen LogP contribution in [-0.4, -0.2) is 11.7 Å². The van der Waals surface area contributed by atoms with E-state index in [1.165, 1.54) is 6.08 Å². The second kappa shape index (κ2) is 9.22. The molecule has 0 aliphatic carbocycles. The van der Waals surface area contributed by atoms with Crippen LogP contribution in [0.2, 0.25) is 10.0 Å². The van der Waals surface area contributed by atoms with E-state index in [-0.39, 0.29) is 5.91 Å². The molecule has 0 aliphatic heterocycles. The highest BCUT2D eigenvalue weighted by Crippen LogP contribution is 2.25. The summed E-state index contributed by atoms with van der Waals surface area (Å²) in [5, 5.41) is 3.77. The molecule has 0 spiro atoms. The molecule has 0 saturated carbocycles. The van der Waals surface area contributed by atoms with Gasteiger partial charge in [-0.3, -0.25) is 4.79 Å². The number of nitrogens with one attached hydrogen (secondary N) is 1. The van der Waals surface area contributed by atoms with Crippen molar-refractivity contribution in [2.75, 3.05) is 5.32 Å². The number of hydrogen-bond donors (Lipinski definition) is 2. The van der Waals surface area contributed by atoms with Gasteiger partial charge in [0, 0.05) is 27.4 Å². The van der Waals surface area contributed by atoms with Crippen LogP contribution in [0.25, 0.3) is 6.08 Å². The number of amides is 1. The lowest BCUT2D eigenvalue weighted by Crippen LogP contribution is -2.12. The van der Waals surface area contributed by atoms with Crippen LogP contribution in [0.5, 0.6) is 0 Å². The molecule has 4 nitrogen and oxygen atoms in total. The van der Waals surface area contributed by atoms with Crippen molar-refractivity contribution in [1.82, 2.24) is 0 Å². The van der Waals surface area contributed by atoms with Crippen LogP contribution >= 0.6 is 23.2 Å². The molecule has 0 saturated heterocycles. The van der Waals surface area contributed by atoms with Crippen LogP contribution in [0.3, 0.4) is 0 Å². The molecular formula is C22H17Cl2N3O. The third kappa shape index (κ3) is 5.46. The lowest BCUT2D eigenvalue weighted by atomic mass is 10.2. The van der Waals surface area contributed by atoms with Crippen molar-refractivity contribution < 1.29 is 4.79 Å². The minimum absolute atomic E-state index is 0.312. The quantitative estimate of drug-likeness (QED) is 0.323. The van der Waals surface area contributed by atoms with Crippen molar-refractivity contribution in [3.8, 4) is 0 Å². The average Bonchev–Trinajstić information content (AvgIpc) is 2.67. The first-order valence-electron chi connectivity index (χ1n) is 8.45. The molecule has 3 N–H and O–H groups in total. The maximum Gasteiger partial charge on any atom is 0.248 e. The van der Waals surface area contributed by atoms with Crippen LogP contribution in [0.15, 0.2) is 83.9 Å². The number of benzene rings is 3. The molecule has 3 aromatic rings. The zero-order chi connectivity index (χ0) is 19.9. The molecule has 0 unspecified atom stereocenters. The highest BCUT2D eigenvalue weighted by molar-refractivity contribution is 6.32. The molecule has 3 rings (SSSR count). The number of nitrogens with zero attached hydrogens (tertiary/aromatic N) is 1. The van der Waals surface area contributed by atoms with Crippen LogP contribution in [0, 0.1) is 0 Å². The standard InChI is InChI=1S/C22H17Cl2N3O/c23-17-12-18(26-21(28)11-10-15-6-4-5-9-20(15)24)14-19(13-17)27-22(25)16-7-2-1-3-8-16/h1-14H,(H2,25,27)(H,26,28)/b11-10+. The predicted molar refractivity (Wildman–Crippen MR) is 117 cm³/mol. The highest BCUT2D eigenvalue weighted by Gasteiger charge is 2.04. The van der Waals surface area contributed by atoms with Crippen molar-refractivity contribution >= 4 is 52.4 Å². The van der Waals surface area contributed by atoms with Gasteiger partial charge >= 0.3 is 0 Å². The molecule has 0 atom stereocenters. The van der Waals surface area contributed by atoms with E-state index < -0.39 is 0 Å². The van der Waals surface area contributed by atoms with Gasteiger partial charge < -0.3 is 11.1 Å². The lowest BCUT2D eigenvalue weighted by molar-refractivity contribution is -0.111. The van der Waals surface area contributed by atoms with Crippen molar-refractivity contribution in [2.24, 2.45) is 10.7 Å². The Morgan fingerprint density at radius 1 is 0.964 bits per heavy atom. The van der Waals surface area contributed by atoms with Crippen LogP contribution in [0.1, 0.15) is 11.1 Å². The molecule has 0 fully saturated rings. The van der Waals surface area contributed by atoms with E-state index in [4.69, 9.17) is 28.9 Å². The Kier molecular flexibility index (Phi) is 6.48. The SMILES string of the molecule is NC(=Nc1cc(Cl)cc(NC(=O)/C=C/c2ccccc2Cl)c1)c1ccccc1. The Morgan fingerprint density at radius 3 is 2.43 bits per heavy atom. The smallest absolute Gasteiger partial charge is 0.248 e. The largest absolute Gasteiger partial charge is 0.383 e. The summed E-state index contributed by atoms with van der Waals surface area (Å²) in [5.41, 5.74) is 8.66. The number of amidine groups is 1. The van der Waals surface area contributed by atoms with Gasteiger partial charge in [-0.15, -0.1) is 0 Å². The van der Waals surface area contributed by atoms with Gasteiger partial charge in [-0.2, -0.15) is 0 Å². The Morgan fingerprint density at radius 2 is 1.68 bits per heavy atom. The summed E-state index contributed by atoms with van der Waals surface area (Å²) in [6.45, 7) is 0. The summed E-state index contributed by atoms with van der Waals surface area (Å²) < 4.78 is 0. The molecule has 0 aromatic heterocycles. The van der Waals surface area contributed by atoms with Crippen molar-refractivity contribution in [3.63, 3.8) is 0 Å². The number of halogens is 2. The Balaban J connectivity index is 1.76. The monoisotopic (exact) mass is 409 g/mol. The molecular weight excluding hydrogens is 393 g/mol. The molecule has 6 heteroatoms. The Bertz CT molecular complexity index is 1050. The summed E-state index contributed by atoms with van der Waals surface area (Å²) in [6.07, 6.45) is 3.05. The minimum Gasteiger partial charge on any atom is -0.383 e. The number of hydrogen-bond acceptors (Lipinski definition) is 2. The van der Waals surface area contributed by atoms with Gasteiger partial charge in [0.25, 0.3) is 0 Å². The number of rotatable bonds is 5. The first-order valence-corrected chi connectivity index (χ1v) is 9.20. The average molecular weight is 410 g/mol. The van der Waals surface area contributed by atoms with E-state index in [0.717, 1.165) is 11.1 Å². The fourth-order valence-corrected chi connectivity index (χ4v) is 2.91. The van der Waals surface area contributed by atoms with Gasteiger partial charge in [-0.25, -0.2) is 4.99 Å². The van der Waals surface area contributed by atoms with Crippen LogP contribution in [-0.2, 0) is 4.79 Å². The normalized spacial score (nSPS) is 11.6. The summed E-state index contributed by atoms with van der Waals surface area (Å²) in [6, 6.07) is 21.7. The second-order valence-corrected chi connectivity index (χ2v) is 6.75. The maximum atomic E-state index is 12.2.